The summed E-state index contributed by atoms with van der Waals surface area (Å²) in [6.07, 6.45) is 2.76. The van der Waals surface area contributed by atoms with Gasteiger partial charge >= 0.3 is 12.3 Å². The molecule has 0 aliphatic carbocycles. The zero-order valence-electron chi connectivity index (χ0n) is 4.66. The highest BCUT2D eigenvalue weighted by molar-refractivity contribution is 7.64. The minimum absolute atomic E-state index is 0.376. The third kappa shape index (κ3) is 8.67. The molecule has 0 unspecified atom stereocenters. The van der Waals surface area contributed by atoms with Gasteiger partial charge in [-0.05, 0) is 6.04 Å². The molecule has 0 N–H and O–H groups in total. The predicted molar refractivity (Wildman–Crippen MR) is 43.0 cm³/mol. The molecule has 5 heteroatoms. The molecule has 0 aliphatic heterocycles. The van der Waals surface area contributed by atoms with E-state index < -0.39 is 6.00 Å². The van der Waals surface area contributed by atoms with E-state index >= 15 is 0 Å². The van der Waals surface area contributed by atoms with Crippen molar-refractivity contribution in [3.05, 3.63) is 0 Å². The van der Waals surface area contributed by atoms with Crippen LogP contribution in [0.2, 0.25) is 6.04 Å². The fraction of sp³-hybridized carbons (Fsp3) is 0.750. The normalized spacial score (nSPS) is 11.0. The molecule has 1 nitrogen and oxygen atoms in total. The van der Waals surface area contributed by atoms with E-state index in [-0.39, 0.29) is 0 Å². The smallest absolute Gasteiger partial charge is 0.126 e. The van der Waals surface area contributed by atoms with Gasteiger partial charge in [0.05, 0.1) is 0 Å². The lowest BCUT2D eigenvalue weighted by Gasteiger charge is -2.01. The summed E-state index contributed by atoms with van der Waals surface area (Å²) in [5.74, 6) is 0. The quantitative estimate of drug-likeness (QED) is 0.298. The lowest BCUT2D eigenvalue weighted by Crippen LogP contribution is -2.07. The van der Waals surface area contributed by atoms with Crippen molar-refractivity contribution in [2.24, 2.45) is 0 Å². The Hall–Kier alpha value is 0.667. The van der Waals surface area contributed by atoms with Crippen LogP contribution in [-0.2, 0) is 4.79 Å². The molecule has 0 rings (SSSR count). The zero-order chi connectivity index (χ0) is 7.33. The van der Waals surface area contributed by atoms with Crippen molar-refractivity contribution >= 4 is 45.5 Å². The monoisotopic (exact) mass is 203 g/mol. The summed E-state index contributed by atoms with van der Waals surface area (Å²) < 4.78 is 0. The van der Waals surface area contributed by atoms with Gasteiger partial charge in [-0.25, -0.2) is 0 Å². The van der Waals surface area contributed by atoms with Crippen LogP contribution < -0.4 is 0 Å². The molecular formula is C4H6Cl3OSi+. The van der Waals surface area contributed by atoms with Crippen molar-refractivity contribution in [1.82, 2.24) is 0 Å². The summed E-state index contributed by atoms with van der Waals surface area (Å²) in [7, 11) is 0. The van der Waals surface area contributed by atoms with E-state index in [0.29, 0.717) is 18.9 Å². The average Bonchev–Trinajstić information content (AvgIpc) is 1.63. The molecule has 0 aromatic heterocycles. The van der Waals surface area contributed by atoms with Crippen molar-refractivity contribution in [1.29, 1.82) is 0 Å². The number of halogens is 3. The molecule has 0 amide bonds. The van der Waals surface area contributed by atoms with E-state index in [1.165, 1.54) is 0 Å². The Kier molecular flexibility index (Phi) is 4.81. The Balaban J connectivity index is 3.17. The van der Waals surface area contributed by atoms with Crippen molar-refractivity contribution in [2.75, 3.05) is 0 Å². The lowest BCUT2D eigenvalue weighted by molar-refractivity contribution is 0.550. The van der Waals surface area contributed by atoms with Gasteiger partial charge < -0.3 is 0 Å². The van der Waals surface area contributed by atoms with Crippen molar-refractivity contribution in [3.63, 3.8) is 0 Å². The van der Waals surface area contributed by atoms with Gasteiger partial charge in [-0.15, -0.1) is 33.2 Å². The van der Waals surface area contributed by atoms with Gasteiger partial charge in [-0.1, -0.05) is 0 Å². The molecule has 0 atom stereocenters. The largest absolute Gasteiger partial charge is 0.506 e. The average molecular weight is 205 g/mol. The molecule has 0 aromatic rings. The van der Waals surface area contributed by atoms with Crippen molar-refractivity contribution in [2.45, 2.75) is 18.9 Å². The first-order valence-electron chi connectivity index (χ1n) is 2.48. The van der Waals surface area contributed by atoms with Gasteiger partial charge in [0.2, 0.25) is 6.42 Å². The van der Waals surface area contributed by atoms with Crippen LogP contribution in [0.4, 0.5) is 0 Å². The first-order chi connectivity index (χ1) is 4.06. The molecule has 0 radical (unpaired) electrons. The maximum Gasteiger partial charge on any atom is 0.506 e. The number of rotatable bonds is 4. The molecule has 0 aliphatic rings. The second-order valence-electron chi connectivity index (χ2n) is 1.61. The zero-order valence-corrected chi connectivity index (χ0v) is 7.93. The first-order valence-corrected chi connectivity index (χ1v) is 7.72. The summed E-state index contributed by atoms with van der Waals surface area (Å²) in [6, 6.07) is -1.91. The highest BCUT2D eigenvalue weighted by atomic mass is 35.8. The molecule has 0 heterocycles. The standard InChI is InChI=1S/C4H6Cl3OSi/c5-9(6,7)4-2-1-3-8/h1-2,4H2/q+1. The Morgan fingerprint density at radius 3 is 2.22 bits per heavy atom. The van der Waals surface area contributed by atoms with Crippen LogP contribution in [-0.4, -0.2) is 12.3 Å². The maximum absolute atomic E-state index is 9.65. The van der Waals surface area contributed by atoms with E-state index in [1.807, 2.05) is 0 Å². The van der Waals surface area contributed by atoms with Crippen LogP contribution >= 0.6 is 33.2 Å². The summed E-state index contributed by atoms with van der Waals surface area (Å²) in [6.45, 7) is 0. The Bertz CT molecular complexity index is 90.3. The third-order valence-corrected chi connectivity index (χ3v) is 3.36. The molecule has 0 saturated heterocycles. The minimum atomic E-state index is -2.46. The summed E-state index contributed by atoms with van der Waals surface area (Å²) in [5.41, 5.74) is 0. The van der Waals surface area contributed by atoms with E-state index in [1.54, 1.807) is 6.29 Å². The van der Waals surface area contributed by atoms with Gasteiger partial charge in [-0.3, -0.25) is 0 Å². The van der Waals surface area contributed by atoms with Crippen LogP contribution in [0, 0.1) is 0 Å². The van der Waals surface area contributed by atoms with Gasteiger partial charge in [0, 0.05) is 11.2 Å². The van der Waals surface area contributed by atoms with Gasteiger partial charge in [0.1, 0.15) is 0 Å². The van der Waals surface area contributed by atoms with E-state index in [9.17, 15) is 4.79 Å². The van der Waals surface area contributed by atoms with Crippen molar-refractivity contribution < 1.29 is 4.79 Å². The lowest BCUT2D eigenvalue weighted by atomic mass is 10.4. The highest BCUT2D eigenvalue weighted by Crippen LogP contribution is 2.26. The Labute approximate surface area is 69.4 Å². The summed E-state index contributed by atoms with van der Waals surface area (Å²) >= 11 is 16.5. The molecule has 0 bridgehead atoms. The molecule has 0 fully saturated rings. The van der Waals surface area contributed by atoms with E-state index in [4.69, 9.17) is 33.2 Å². The van der Waals surface area contributed by atoms with Crippen LogP contribution in [0.1, 0.15) is 12.8 Å². The molecule has 52 valence electrons. The topological polar surface area (TPSA) is 17.1 Å². The summed E-state index contributed by atoms with van der Waals surface area (Å²) in [5, 5.41) is 0. The second kappa shape index (κ2) is 4.48. The Morgan fingerprint density at radius 1 is 1.33 bits per heavy atom. The maximum atomic E-state index is 9.65. The van der Waals surface area contributed by atoms with Crippen LogP contribution in [0.15, 0.2) is 0 Å². The van der Waals surface area contributed by atoms with E-state index in [2.05, 4.69) is 0 Å². The molecule has 9 heavy (non-hydrogen) atoms. The van der Waals surface area contributed by atoms with Gasteiger partial charge in [-0.2, -0.15) is 0 Å². The SMILES string of the molecule is O=[C+]CCC[Si](Cl)(Cl)Cl. The Morgan fingerprint density at radius 2 is 1.89 bits per heavy atom. The second-order valence-corrected chi connectivity index (χ2v) is 10.9. The first kappa shape index (κ1) is 9.67. The fourth-order valence-corrected chi connectivity index (χ4v) is 2.14. The minimum Gasteiger partial charge on any atom is -0.126 e. The number of hydrogen-bond donors (Lipinski definition) is 0. The molecule has 0 spiro atoms. The molecular weight excluding hydrogens is 198 g/mol. The van der Waals surface area contributed by atoms with Crippen molar-refractivity contribution in [3.8, 4) is 0 Å². The van der Waals surface area contributed by atoms with Crippen LogP contribution in [0.3, 0.4) is 0 Å². The molecule has 0 aromatic carbocycles. The van der Waals surface area contributed by atoms with Crippen LogP contribution in [0.5, 0.6) is 0 Å². The van der Waals surface area contributed by atoms with Gasteiger partial charge in [0.25, 0.3) is 0 Å². The number of carbonyl (C=O) groups excluding carboxylic acids is 1. The third-order valence-electron chi connectivity index (χ3n) is 0.739. The van der Waals surface area contributed by atoms with E-state index in [0.717, 1.165) is 0 Å². The fourth-order valence-electron chi connectivity index (χ4n) is 0.361. The van der Waals surface area contributed by atoms with Gasteiger partial charge in [0.15, 0.2) is 0 Å². The highest BCUT2D eigenvalue weighted by Gasteiger charge is 2.24. The number of hydrogen-bond acceptors (Lipinski definition) is 1. The predicted octanol–water partition coefficient (Wildman–Crippen LogP) is 2.53. The van der Waals surface area contributed by atoms with Crippen LogP contribution in [0.25, 0.3) is 0 Å². The summed E-state index contributed by atoms with van der Waals surface area (Å²) in [4.78, 5) is 9.65. The number of unbranched alkanes of at least 4 members (excludes halogenated alkanes) is 1. The molecule has 0 saturated carbocycles.